The van der Waals surface area contributed by atoms with Gasteiger partial charge in [0.25, 0.3) is 0 Å². The number of pyridine rings is 1. The average Bonchev–Trinajstić information content (AvgIpc) is 3.05. The van der Waals surface area contributed by atoms with E-state index in [0.29, 0.717) is 18.2 Å². The van der Waals surface area contributed by atoms with Crippen LogP contribution in [0.15, 0.2) is 90.2 Å². The van der Waals surface area contributed by atoms with Crippen molar-refractivity contribution in [1.29, 1.82) is 0 Å². The molecular formula is C21H16N2O2. The Bertz CT molecular complexity index is 1010. The fourth-order valence-corrected chi connectivity index (χ4v) is 2.89. The topological polar surface area (TPSA) is 43.1 Å². The zero-order chi connectivity index (χ0) is 17.1. The molecule has 0 spiro atoms. The summed E-state index contributed by atoms with van der Waals surface area (Å²) >= 11 is 0. The molecule has 4 aromatic rings. The molecule has 0 saturated carbocycles. The third-order valence-electron chi connectivity index (χ3n) is 4.13. The Hall–Kier alpha value is -3.40. The van der Waals surface area contributed by atoms with E-state index in [4.69, 9.17) is 4.74 Å². The number of rotatable bonds is 5. The van der Waals surface area contributed by atoms with E-state index in [1.807, 2.05) is 78.9 Å². The van der Waals surface area contributed by atoms with E-state index >= 15 is 0 Å². The molecule has 0 radical (unpaired) electrons. The molecule has 0 aliphatic heterocycles. The molecule has 2 heterocycles. The van der Waals surface area contributed by atoms with Gasteiger partial charge in [0, 0.05) is 11.1 Å². The first kappa shape index (κ1) is 15.1. The Labute approximate surface area is 145 Å². The predicted octanol–water partition coefficient (Wildman–Crippen LogP) is 5.58. The number of nitrogens with zero attached hydrogens (tertiary/aromatic N) is 2. The van der Waals surface area contributed by atoms with Crippen LogP contribution in [0.3, 0.4) is 0 Å². The highest BCUT2D eigenvalue weighted by Gasteiger charge is 2.13. The maximum Gasteiger partial charge on any atom is 0.189 e. The van der Waals surface area contributed by atoms with Crippen LogP contribution in [0.25, 0.3) is 16.6 Å². The van der Waals surface area contributed by atoms with E-state index in [-0.39, 0.29) is 0 Å². The predicted molar refractivity (Wildman–Crippen MR) is 99.1 cm³/mol. The number of hydrogen-bond donors (Lipinski definition) is 0. The maximum absolute atomic E-state index is 11.5. The third kappa shape index (κ3) is 3.02. The summed E-state index contributed by atoms with van der Waals surface area (Å²) in [5.41, 5.74) is 3.78. The van der Waals surface area contributed by atoms with E-state index in [1.54, 1.807) is 10.6 Å². The number of benzene rings is 2. The molecule has 4 rings (SSSR count). The van der Waals surface area contributed by atoms with Gasteiger partial charge in [-0.2, -0.15) is 0 Å². The Kier molecular flexibility index (Phi) is 4.01. The molecule has 4 nitrogen and oxygen atoms in total. The molecule has 122 valence electrons. The Morgan fingerprint density at radius 2 is 1.60 bits per heavy atom. The second-order valence-electron chi connectivity index (χ2n) is 5.77. The van der Waals surface area contributed by atoms with E-state index in [1.165, 1.54) is 0 Å². The number of hydrogen-bond acceptors (Lipinski definition) is 3. The molecule has 0 aliphatic carbocycles. The molecular weight excluding hydrogens is 312 g/mol. The van der Waals surface area contributed by atoms with Crippen molar-refractivity contribution in [2.45, 2.75) is 6.61 Å². The van der Waals surface area contributed by atoms with Crippen molar-refractivity contribution in [2.75, 3.05) is 0 Å². The molecule has 2 aromatic carbocycles. The molecule has 2 aromatic heterocycles. The largest absolute Gasteiger partial charge is 0.487 e. The highest BCUT2D eigenvalue weighted by molar-refractivity contribution is 5.81. The summed E-state index contributed by atoms with van der Waals surface area (Å²) in [7, 11) is 0. The fourth-order valence-electron chi connectivity index (χ4n) is 2.89. The van der Waals surface area contributed by atoms with Gasteiger partial charge < -0.3 is 4.74 Å². The first-order chi connectivity index (χ1) is 12.3. The summed E-state index contributed by atoms with van der Waals surface area (Å²) in [6.07, 6.45) is 1.81. The van der Waals surface area contributed by atoms with Crippen molar-refractivity contribution < 1.29 is 4.74 Å². The molecule has 0 fully saturated rings. The van der Waals surface area contributed by atoms with Gasteiger partial charge in [-0.1, -0.05) is 60.7 Å². The minimum Gasteiger partial charge on any atom is -0.487 e. The molecule has 25 heavy (non-hydrogen) atoms. The van der Waals surface area contributed by atoms with Gasteiger partial charge in [-0.25, -0.2) is 0 Å². The summed E-state index contributed by atoms with van der Waals surface area (Å²) in [6.45, 7) is 0.475. The molecule has 0 unspecified atom stereocenters. The lowest BCUT2D eigenvalue weighted by Gasteiger charge is -2.07. The van der Waals surface area contributed by atoms with Gasteiger partial charge in [-0.05, 0) is 34.5 Å². The SMILES string of the molecule is O=Nc1c(-c2ccccc2)cc2ccc(OCc3ccccc3)cn12. The first-order valence-electron chi connectivity index (χ1n) is 8.06. The van der Waals surface area contributed by atoms with Crippen molar-refractivity contribution >= 4 is 11.3 Å². The molecule has 0 N–H and O–H groups in total. The monoisotopic (exact) mass is 328 g/mol. The zero-order valence-electron chi connectivity index (χ0n) is 13.5. The van der Waals surface area contributed by atoms with Crippen LogP contribution in [0, 0.1) is 4.91 Å². The van der Waals surface area contributed by atoms with E-state index in [9.17, 15) is 4.91 Å². The van der Waals surface area contributed by atoms with Crippen LogP contribution in [0.1, 0.15) is 5.56 Å². The Morgan fingerprint density at radius 3 is 2.32 bits per heavy atom. The lowest BCUT2D eigenvalue weighted by molar-refractivity contribution is 0.305. The number of fused-ring (bicyclic) bond motifs is 1. The van der Waals surface area contributed by atoms with Gasteiger partial charge in [0.05, 0.1) is 6.20 Å². The second-order valence-corrected chi connectivity index (χ2v) is 5.77. The van der Waals surface area contributed by atoms with Crippen LogP contribution in [-0.4, -0.2) is 4.40 Å². The van der Waals surface area contributed by atoms with Crippen molar-refractivity contribution in [3.63, 3.8) is 0 Å². The molecule has 0 saturated heterocycles. The van der Waals surface area contributed by atoms with Crippen LogP contribution in [0.2, 0.25) is 0 Å². The standard InChI is InChI=1S/C21H16N2O2/c24-22-21-20(17-9-5-2-6-10-17)13-18-11-12-19(14-23(18)21)25-15-16-7-3-1-4-8-16/h1-14H,15H2. The lowest BCUT2D eigenvalue weighted by atomic mass is 10.1. The van der Waals surface area contributed by atoms with Gasteiger partial charge in [-0.3, -0.25) is 4.40 Å². The molecule has 0 atom stereocenters. The average molecular weight is 328 g/mol. The number of nitroso groups, excluding NO2 is 1. The van der Waals surface area contributed by atoms with Crippen molar-refractivity contribution in [3.8, 4) is 16.9 Å². The summed E-state index contributed by atoms with van der Waals surface area (Å²) < 4.78 is 7.62. The number of ether oxygens (including phenoxy) is 1. The van der Waals surface area contributed by atoms with E-state index < -0.39 is 0 Å². The van der Waals surface area contributed by atoms with Gasteiger partial charge in [0.15, 0.2) is 5.82 Å². The molecule has 0 amide bonds. The van der Waals surface area contributed by atoms with Crippen LogP contribution < -0.4 is 4.74 Å². The summed E-state index contributed by atoms with van der Waals surface area (Å²) in [5, 5.41) is 3.25. The zero-order valence-corrected chi connectivity index (χ0v) is 13.5. The summed E-state index contributed by atoms with van der Waals surface area (Å²) in [4.78, 5) is 11.5. The maximum atomic E-state index is 11.5. The third-order valence-corrected chi connectivity index (χ3v) is 4.13. The van der Waals surface area contributed by atoms with Crippen molar-refractivity contribution in [1.82, 2.24) is 4.40 Å². The Balaban J connectivity index is 1.69. The molecule has 4 heteroatoms. The van der Waals surface area contributed by atoms with Crippen molar-refractivity contribution in [2.24, 2.45) is 5.18 Å². The van der Waals surface area contributed by atoms with Crippen LogP contribution >= 0.6 is 0 Å². The Morgan fingerprint density at radius 1 is 0.880 bits per heavy atom. The van der Waals surface area contributed by atoms with Crippen LogP contribution in [-0.2, 0) is 6.61 Å². The van der Waals surface area contributed by atoms with Crippen LogP contribution in [0.4, 0.5) is 5.82 Å². The smallest absolute Gasteiger partial charge is 0.189 e. The van der Waals surface area contributed by atoms with Gasteiger partial charge >= 0.3 is 0 Å². The molecule has 0 aliphatic rings. The van der Waals surface area contributed by atoms with Gasteiger partial charge in [0.2, 0.25) is 0 Å². The van der Waals surface area contributed by atoms with Gasteiger partial charge in [0.1, 0.15) is 12.4 Å². The number of aromatic nitrogens is 1. The summed E-state index contributed by atoms with van der Waals surface area (Å²) in [6, 6.07) is 25.5. The van der Waals surface area contributed by atoms with Crippen molar-refractivity contribution in [3.05, 3.63) is 95.5 Å². The molecule has 0 bridgehead atoms. The lowest BCUT2D eigenvalue weighted by Crippen LogP contribution is -1.96. The second kappa shape index (κ2) is 6.61. The minimum atomic E-state index is 0.381. The highest BCUT2D eigenvalue weighted by atomic mass is 16.5. The van der Waals surface area contributed by atoms with Gasteiger partial charge in [-0.15, -0.1) is 4.91 Å². The van der Waals surface area contributed by atoms with E-state index in [0.717, 1.165) is 22.2 Å². The normalized spacial score (nSPS) is 10.7. The fraction of sp³-hybridized carbons (Fsp3) is 0.0476. The highest BCUT2D eigenvalue weighted by Crippen LogP contribution is 2.34. The van der Waals surface area contributed by atoms with E-state index in [2.05, 4.69) is 5.18 Å². The first-order valence-corrected chi connectivity index (χ1v) is 8.06. The minimum absolute atomic E-state index is 0.381. The summed E-state index contributed by atoms with van der Waals surface area (Å²) in [5.74, 6) is 1.07. The quantitative estimate of drug-likeness (QED) is 0.449. The van der Waals surface area contributed by atoms with Crippen LogP contribution in [0.5, 0.6) is 5.75 Å².